The Hall–Kier alpha value is -4.24. The van der Waals surface area contributed by atoms with Crippen molar-refractivity contribution in [2.45, 2.75) is 192 Å². The van der Waals surface area contributed by atoms with Gasteiger partial charge in [-0.05, 0) is 88.5 Å². The molecule has 3 aliphatic carbocycles. The number of nitrogens with zero attached hydrogens (tertiary/aromatic N) is 1. The summed E-state index contributed by atoms with van der Waals surface area (Å²) in [7, 11) is -2.88. The Bertz CT molecular complexity index is 2480. The number of carbonyl (C=O) groups excluding carboxylic acids is 4. The zero-order chi connectivity index (χ0) is 55.6. The van der Waals surface area contributed by atoms with Crippen LogP contribution in [0.4, 0.5) is 4.79 Å². The number of aliphatic hydroxyl groups is 1. The van der Waals surface area contributed by atoms with Crippen LogP contribution in [0.5, 0.6) is 0 Å². The first-order valence-corrected chi connectivity index (χ1v) is 30.0. The zero-order valence-electron chi connectivity index (χ0n) is 47.4. The molecule has 3 heterocycles. The molecule has 2 bridgehead atoms. The van der Waals surface area contributed by atoms with Gasteiger partial charge in [-0.3, -0.25) is 9.69 Å². The SMILES string of the molecule is CC(=O)O[C@@]12CO[C@@H]1C[C@H](OCCN1CCOCC1)[C@@]1(C)[C@@H]3OC(C)(C)O[C@@H]3C3=C(C)[C@@H](OC(=O)[C@H](O[Si](C)(C)C(C)(C)C)[C@@H](NC(=O)OC(C)(C)C)c4ccccc4)C[C@@](O)([C@@H](OC(=O)c4ccccc4)[C@H]21)C3(C)C. The molecule has 420 valence electrons. The number of morpholine rings is 1. The summed E-state index contributed by atoms with van der Waals surface area (Å²) in [4.78, 5) is 60.4. The Kier molecular flexibility index (Phi) is 16.1. The largest absolute Gasteiger partial charge is 0.456 e. The third kappa shape index (κ3) is 10.9. The first kappa shape index (κ1) is 57.9. The van der Waals surface area contributed by atoms with Crippen LogP contribution in [0, 0.1) is 16.7 Å². The molecule has 0 spiro atoms. The van der Waals surface area contributed by atoms with E-state index in [0.717, 1.165) is 13.1 Å². The number of hydrogen-bond acceptors (Lipinski definition) is 16. The van der Waals surface area contributed by atoms with Crippen LogP contribution in [-0.4, -0.2) is 154 Å². The normalized spacial score (nSPS) is 32.9. The predicted molar refractivity (Wildman–Crippen MR) is 283 cm³/mol. The quantitative estimate of drug-likeness (QED) is 0.0794. The fourth-order valence-corrected chi connectivity index (χ4v) is 13.9. The Labute approximate surface area is 450 Å². The molecule has 3 saturated heterocycles. The molecule has 3 aliphatic heterocycles. The third-order valence-corrected chi connectivity index (χ3v) is 22.0. The number of alkyl carbamates (subject to hydrolysis) is 1. The number of esters is 3. The van der Waals surface area contributed by atoms with Gasteiger partial charge >= 0.3 is 24.0 Å². The Morgan fingerprint density at radius 1 is 0.895 bits per heavy atom. The van der Waals surface area contributed by atoms with Crippen LogP contribution in [0.15, 0.2) is 71.8 Å². The molecule has 0 aromatic heterocycles. The van der Waals surface area contributed by atoms with Crippen LogP contribution in [-0.2, 0) is 56.6 Å². The molecule has 1 amide bonds. The molecule has 2 aromatic carbocycles. The maximum Gasteiger partial charge on any atom is 0.408 e. The lowest BCUT2D eigenvalue weighted by molar-refractivity contribution is -0.366. The molecular formula is C58H84N2O15Si. The smallest absolute Gasteiger partial charge is 0.408 e. The van der Waals surface area contributed by atoms with Gasteiger partial charge in [0.2, 0.25) is 0 Å². The highest BCUT2D eigenvalue weighted by atomic mass is 28.4. The van der Waals surface area contributed by atoms with Gasteiger partial charge in [-0.15, -0.1) is 0 Å². The second kappa shape index (κ2) is 21.1. The summed E-state index contributed by atoms with van der Waals surface area (Å²) in [6.07, 6.45) is -8.16. The highest BCUT2D eigenvalue weighted by Gasteiger charge is 2.79. The fraction of sp³-hybridized carbons (Fsp3) is 0.690. The number of hydrogen-bond donors (Lipinski definition) is 2. The fourth-order valence-electron chi connectivity index (χ4n) is 12.6. The van der Waals surface area contributed by atoms with Crippen molar-refractivity contribution in [1.29, 1.82) is 0 Å². The summed E-state index contributed by atoms with van der Waals surface area (Å²) in [5.74, 6) is -4.44. The molecule has 5 fully saturated rings. The summed E-state index contributed by atoms with van der Waals surface area (Å²) in [5.41, 5.74) is -5.08. The first-order chi connectivity index (χ1) is 35.3. The lowest BCUT2D eigenvalue weighted by atomic mass is 9.44. The number of nitrogens with one attached hydrogen (secondary N) is 1. The molecule has 0 radical (unpaired) electrons. The second-order valence-electron chi connectivity index (χ2n) is 25.5. The molecule has 2 N–H and O–H groups in total. The summed E-state index contributed by atoms with van der Waals surface area (Å²) < 4.78 is 66.7. The highest BCUT2D eigenvalue weighted by Crippen LogP contribution is 2.68. The zero-order valence-corrected chi connectivity index (χ0v) is 48.4. The van der Waals surface area contributed by atoms with Crippen LogP contribution in [0.25, 0.3) is 0 Å². The van der Waals surface area contributed by atoms with Crippen LogP contribution in [0.2, 0.25) is 18.1 Å². The van der Waals surface area contributed by atoms with E-state index in [1.807, 2.05) is 72.8 Å². The topological polar surface area (TPSA) is 196 Å². The van der Waals surface area contributed by atoms with Crippen LogP contribution in [0.1, 0.15) is 125 Å². The Morgan fingerprint density at radius 2 is 1.53 bits per heavy atom. The minimum atomic E-state index is -2.88. The number of benzene rings is 2. The van der Waals surface area contributed by atoms with E-state index in [2.05, 4.69) is 31.0 Å². The molecule has 2 saturated carbocycles. The van der Waals surface area contributed by atoms with Crippen molar-refractivity contribution in [2.75, 3.05) is 46.1 Å². The lowest BCUT2D eigenvalue weighted by Crippen LogP contribution is -2.82. The van der Waals surface area contributed by atoms with Gasteiger partial charge in [0.15, 0.2) is 25.8 Å². The van der Waals surface area contributed by atoms with Gasteiger partial charge < -0.3 is 57.5 Å². The van der Waals surface area contributed by atoms with E-state index >= 15 is 4.79 Å². The van der Waals surface area contributed by atoms with E-state index in [1.165, 1.54) is 6.92 Å². The summed E-state index contributed by atoms with van der Waals surface area (Å²) >= 11 is 0. The minimum Gasteiger partial charge on any atom is -0.456 e. The van der Waals surface area contributed by atoms with E-state index in [1.54, 1.807) is 63.2 Å². The van der Waals surface area contributed by atoms with Crippen molar-refractivity contribution >= 4 is 32.3 Å². The lowest BCUT2D eigenvalue weighted by Gasteiger charge is -2.69. The van der Waals surface area contributed by atoms with Gasteiger partial charge in [-0.25, -0.2) is 14.4 Å². The number of fused-ring (bicyclic) bond motifs is 8. The third-order valence-electron chi connectivity index (χ3n) is 17.6. The van der Waals surface area contributed by atoms with Crippen molar-refractivity contribution in [2.24, 2.45) is 16.7 Å². The van der Waals surface area contributed by atoms with Crippen molar-refractivity contribution in [1.82, 2.24) is 10.2 Å². The van der Waals surface area contributed by atoms with Crippen LogP contribution < -0.4 is 5.32 Å². The number of rotatable bonds is 14. The van der Waals surface area contributed by atoms with E-state index < -0.39 is 125 Å². The van der Waals surface area contributed by atoms with Gasteiger partial charge in [0.05, 0.1) is 56.2 Å². The molecule has 17 nitrogen and oxygen atoms in total. The monoisotopic (exact) mass is 1080 g/mol. The summed E-state index contributed by atoms with van der Waals surface area (Å²) in [5, 5.41) is 17.1. The Balaban J connectivity index is 1.32. The molecule has 0 unspecified atom stereocenters. The van der Waals surface area contributed by atoms with Crippen LogP contribution >= 0.6 is 0 Å². The van der Waals surface area contributed by atoms with Gasteiger partial charge in [-0.1, -0.05) is 90.1 Å². The number of ether oxygens (including phenoxy) is 9. The molecule has 76 heavy (non-hydrogen) atoms. The maximum absolute atomic E-state index is 15.7. The minimum absolute atomic E-state index is 0.0757. The van der Waals surface area contributed by atoms with Gasteiger partial charge in [0.25, 0.3) is 0 Å². The molecule has 18 heteroatoms. The van der Waals surface area contributed by atoms with Crippen molar-refractivity contribution in [3.8, 4) is 0 Å². The average Bonchev–Trinajstić information content (AvgIpc) is 3.65. The second-order valence-corrected chi connectivity index (χ2v) is 30.3. The van der Waals surface area contributed by atoms with Gasteiger partial charge in [-0.2, -0.15) is 0 Å². The van der Waals surface area contributed by atoms with E-state index in [-0.39, 0.29) is 25.0 Å². The molecule has 12 atom stereocenters. The van der Waals surface area contributed by atoms with Crippen LogP contribution in [0.3, 0.4) is 0 Å². The average molecular weight is 1080 g/mol. The first-order valence-electron chi connectivity index (χ1n) is 27.1. The molecular weight excluding hydrogens is 993 g/mol. The van der Waals surface area contributed by atoms with E-state index in [4.69, 9.17) is 47.1 Å². The Morgan fingerprint density at radius 3 is 2.11 bits per heavy atom. The van der Waals surface area contributed by atoms with E-state index in [0.29, 0.717) is 43.1 Å². The number of carbonyl (C=O) groups is 4. The summed E-state index contributed by atoms with van der Waals surface area (Å²) in [6.45, 7) is 31.7. The molecule has 6 aliphatic rings. The maximum atomic E-state index is 15.7. The van der Waals surface area contributed by atoms with Gasteiger partial charge in [0, 0.05) is 50.2 Å². The standard InChI is InChI=1S/C58H84N2O15Si/c1-35-39(69-50(63)45(75-76(14,15)53(6,7)8)43(37-22-18-16-19-23-37)59-51(64)74-52(3,4)5)33-58(65)48(70-49(62)38-24-20-17-21-25-38)46-56(13,47-44(42(35)54(58,9)10)72-55(11,12)73-47)40(67-31-28-60-26-29-66-30-27-60)32-41-57(46,34-68-41)71-36(2)61/h16-25,39-41,43-48,65H,26-34H2,1-15H3,(H,59,64)/t39-,40-,41+,43-,44+,45+,46-,47+,48-,56+,57-,58+/m0/s1. The van der Waals surface area contributed by atoms with E-state index in [9.17, 15) is 19.5 Å². The molecule has 8 rings (SSSR count). The summed E-state index contributed by atoms with van der Waals surface area (Å²) in [6, 6.07) is 16.5. The predicted octanol–water partition coefficient (Wildman–Crippen LogP) is 8.24. The van der Waals surface area contributed by atoms with Crippen molar-refractivity contribution in [3.63, 3.8) is 0 Å². The van der Waals surface area contributed by atoms with Crippen molar-refractivity contribution in [3.05, 3.63) is 82.9 Å². The molecule has 2 aromatic rings. The highest BCUT2D eigenvalue weighted by molar-refractivity contribution is 6.74. The number of amides is 1. The van der Waals surface area contributed by atoms with Crippen molar-refractivity contribution < 1.29 is 71.3 Å². The van der Waals surface area contributed by atoms with Gasteiger partial charge in [0.1, 0.15) is 35.6 Å².